The maximum atomic E-state index is 11.6. The van der Waals surface area contributed by atoms with E-state index >= 15 is 0 Å². The maximum absolute atomic E-state index is 11.6. The summed E-state index contributed by atoms with van der Waals surface area (Å²) in [4.78, 5) is 11.6. The Hall–Kier alpha value is -0.690. The highest BCUT2D eigenvalue weighted by Crippen LogP contribution is 2.41. The first kappa shape index (κ1) is 11.8. The molecule has 1 aliphatic carbocycles. The Morgan fingerprint density at radius 1 is 1.38 bits per heavy atom. The van der Waals surface area contributed by atoms with Gasteiger partial charge < -0.3 is 24.4 Å². The number of esters is 1. The topological polar surface area (TPSA) is 85.2 Å². The van der Waals surface area contributed by atoms with Crippen LogP contribution in [-0.4, -0.2) is 54.5 Å². The molecule has 6 nitrogen and oxygen atoms in total. The van der Waals surface area contributed by atoms with Crippen molar-refractivity contribution in [2.24, 2.45) is 5.92 Å². The Bertz CT molecular complexity index is 272. The third kappa shape index (κ3) is 1.71. The van der Waals surface area contributed by atoms with Crippen LogP contribution in [0.25, 0.3) is 0 Å². The molecule has 1 aliphatic heterocycles. The zero-order chi connectivity index (χ0) is 11.8. The van der Waals surface area contributed by atoms with Gasteiger partial charge in [0.1, 0.15) is 5.92 Å². The lowest BCUT2D eigenvalue weighted by Gasteiger charge is -2.42. The van der Waals surface area contributed by atoms with Gasteiger partial charge in [0, 0.05) is 6.42 Å². The number of aliphatic hydroxyl groups excluding tert-OH is 2. The van der Waals surface area contributed by atoms with Crippen LogP contribution in [0.3, 0.4) is 0 Å². The van der Waals surface area contributed by atoms with E-state index in [0.717, 1.165) is 0 Å². The van der Waals surface area contributed by atoms with Crippen molar-refractivity contribution in [2.75, 3.05) is 20.3 Å². The molecule has 92 valence electrons. The van der Waals surface area contributed by atoms with Crippen molar-refractivity contribution in [1.82, 2.24) is 0 Å². The van der Waals surface area contributed by atoms with Gasteiger partial charge in [-0.3, -0.25) is 4.79 Å². The number of methoxy groups -OCH3 is 1. The van der Waals surface area contributed by atoms with Crippen LogP contribution in [0.4, 0.5) is 0 Å². The second-order valence-electron chi connectivity index (χ2n) is 4.11. The van der Waals surface area contributed by atoms with Crippen molar-refractivity contribution in [2.45, 2.75) is 30.8 Å². The van der Waals surface area contributed by atoms with Gasteiger partial charge >= 0.3 is 5.97 Å². The van der Waals surface area contributed by atoms with Gasteiger partial charge in [-0.25, -0.2) is 0 Å². The molecule has 2 fully saturated rings. The number of carbonyl (C=O) groups is 1. The van der Waals surface area contributed by atoms with Gasteiger partial charge in [0.2, 0.25) is 0 Å². The van der Waals surface area contributed by atoms with Gasteiger partial charge in [0.15, 0.2) is 5.79 Å². The van der Waals surface area contributed by atoms with Crippen molar-refractivity contribution >= 4 is 5.97 Å². The molecular formula is C10H16O6. The Morgan fingerprint density at radius 3 is 2.56 bits per heavy atom. The van der Waals surface area contributed by atoms with E-state index in [1.54, 1.807) is 0 Å². The van der Waals surface area contributed by atoms with Crippen molar-refractivity contribution in [3.05, 3.63) is 0 Å². The summed E-state index contributed by atoms with van der Waals surface area (Å²) in [6, 6.07) is 0. The molecule has 16 heavy (non-hydrogen) atoms. The number of hydrogen-bond acceptors (Lipinski definition) is 6. The second-order valence-corrected chi connectivity index (χ2v) is 4.11. The third-order valence-corrected chi connectivity index (χ3v) is 3.23. The first-order valence-corrected chi connectivity index (χ1v) is 5.32. The van der Waals surface area contributed by atoms with Gasteiger partial charge in [0.25, 0.3) is 0 Å². The van der Waals surface area contributed by atoms with Crippen LogP contribution in [0.2, 0.25) is 0 Å². The average molecular weight is 232 g/mol. The lowest BCUT2D eigenvalue weighted by atomic mass is 9.79. The highest BCUT2D eigenvalue weighted by atomic mass is 16.7. The number of rotatable bonds is 1. The monoisotopic (exact) mass is 232 g/mol. The minimum Gasteiger partial charge on any atom is -0.469 e. The Kier molecular flexibility index (Phi) is 3.16. The van der Waals surface area contributed by atoms with Crippen molar-refractivity contribution in [1.29, 1.82) is 0 Å². The van der Waals surface area contributed by atoms with Crippen molar-refractivity contribution < 1.29 is 29.2 Å². The van der Waals surface area contributed by atoms with Crippen molar-refractivity contribution in [3.63, 3.8) is 0 Å². The van der Waals surface area contributed by atoms with Crippen LogP contribution in [0.5, 0.6) is 0 Å². The highest BCUT2D eigenvalue weighted by Gasteiger charge is 2.56. The molecule has 3 atom stereocenters. The van der Waals surface area contributed by atoms with Gasteiger partial charge in [0.05, 0.1) is 32.5 Å². The molecule has 0 unspecified atom stereocenters. The maximum Gasteiger partial charge on any atom is 0.316 e. The first-order valence-electron chi connectivity index (χ1n) is 5.32. The average Bonchev–Trinajstić information content (AvgIpc) is 2.73. The molecule has 0 aromatic rings. The highest BCUT2D eigenvalue weighted by molar-refractivity contribution is 5.74. The molecule has 0 aromatic heterocycles. The van der Waals surface area contributed by atoms with Crippen LogP contribution in [-0.2, 0) is 19.0 Å². The lowest BCUT2D eigenvalue weighted by Crippen LogP contribution is -2.57. The molecular weight excluding hydrogens is 216 g/mol. The summed E-state index contributed by atoms with van der Waals surface area (Å²) in [5.41, 5.74) is 0. The molecule has 1 heterocycles. The van der Waals surface area contributed by atoms with E-state index in [1.807, 2.05) is 0 Å². The molecule has 2 rings (SSSR count). The summed E-state index contributed by atoms with van der Waals surface area (Å²) in [7, 11) is 1.23. The van der Waals surface area contributed by atoms with Gasteiger partial charge in [-0.2, -0.15) is 0 Å². The predicted molar refractivity (Wildman–Crippen MR) is 51.4 cm³/mol. The number of ether oxygens (including phenoxy) is 3. The van der Waals surface area contributed by atoms with Crippen LogP contribution in [0.1, 0.15) is 12.8 Å². The molecule has 0 aromatic carbocycles. The smallest absolute Gasteiger partial charge is 0.316 e. The molecule has 2 N–H and O–H groups in total. The lowest BCUT2D eigenvalue weighted by molar-refractivity contribution is -0.255. The summed E-state index contributed by atoms with van der Waals surface area (Å²) in [6.07, 6.45) is -1.43. The molecule has 1 saturated heterocycles. The summed E-state index contributed by atoms with van der Waals surface area (Å²) in [6.45, 7) is 0.770. The van der Waals surface area contributed by atoms with E-state index in [4.69, 9.17) is 9.47 Å². The summed E-state index contributed by atoms with van der Waals surface area (Å²) < 4.78 is 15.5. The largest absolute Gasteiger partial charge is 0.469 e. The van der Waals surface area contributed by atoms with E-state index in [0.29, 0.717) is 26.1 Å². The quantitative estimate of drug-likeness (QED) is 0.566. The fraction of sp³-hybridized carbons (Fsp3) is 0.900. The van der Waals surface area contributed by atoms with Crippen LogP contribution >= 0.6 is 0 Å². The standard InChI is InChI=1S/C10H16O6/c1-14-9(13)7-8(12)6(11)2-3-10(7)15-4-5-16-10/h6-8,11-12H,2-5H2,1H3/t6-,7-,8-/m1/s1. The summed E-state index contributed by atoms with van der Waals surface area (Å²) >= 11 is 0. The predicted octanol–water partition coefficient (Wildman–Crippen LogP) is -0.966. The van der Waals surface area contributed by atoms with Crippen molar-refractivity contribution in [3.8, 4) is 0 Å². The molecule has 0 amide bonds. The van der Waals surface area contributed by atoms with Gasteiger partial charge in [-0.1, -0.05) is 0 Å². The zero-order valence-corrected chi connectivity index (χ0v) is 9.09. The molecule has 2 aliphatic rings. The molecule has 0 radical (unpaired) electrons. The fourth-order valence-electron chi connectivity index (χ4n) is 2.40. The molecule has 1 saturated carbocycles. The molecule has 6 heteroatoms. The number of aliphatic hydroxyl groups is 2. The van der Waals surface area contributed by atoms with E-state index in [1.165, 1.54) is 7.11 Å². The number of carbonyl (C=O) groups excluding carboxylic acids is 1. The van der Waals surface area contributed by atoms with E-state index in [2.05, 4.69) is 4.74 Å². The Labute approximate surface area is 93.1 Å². The zero-order valence-electron chi connectivity index (χ0n) is 9.09. The van der Waals surface area contributed by atoms with Gasteiger partial charge in [-0.15, -0.1) is 0 Å². The fourth-order valence-corrected chi connectivity index (χ4v) is 2.40. The normalized spacial score (nSPS) is 37.6. The Balaban J connectivity index is 2.26. The van der Waals surface area contributed by atoms with E-state index in [9.17, 15) is 15.0 Å². The summed E-state index contributed by atoms with van der Waals surface area (Å²) in [5.74, 6) is -2.72. The van der Waals surface area contributed by atoms with E-state index < -0.39 is 29.9 Å². The van der Waals surface area contributed by atoms with Crippen LogP contribution in [0.15, 0.2) is 0 Å². The minimum atomic E-state index is -1.21. The number of hydrogen-bond donors (Lipinski definition) is 2. The van der Waals surface area contributed by atoms with Crippen LogP contribution < -0.4 is 0 Å². The van der Waals surface area contributed by atoms with E-state index in [-0.39, 0.29) is 0 Å². The SMILES string of the molecule is COC(=O)[C@H]1[C@H](O)[C@H](O)CCC12OCCO2. The van der Waals surface area contributed by atoms with Crippen LogP contribution in [0, 0.1) is 5.92 Å². The minimum absolute atomic E-state index is 0.342. The van der Waals surface area contributed by atoms with Gasteiger partial charge in [-0.05, 0) is 6.42 Å². The molecule has 0 bridgehead atoms. The Morgan fingerprint density at radius 2 is 2.00 bits per heavy atom. The third-order valence-electron chi connectivity index (χ3n) is 3.23. The summed E-state index contributed by atoms with van der Waals surface area (Å²) in [5, 5.41) is 19.4. The second kappa shape index (κ2) is 4.29. The molecule has 1 spiro atoms. The first-order chi connectivity index (χ1) is 7.60.